The van der Waals surface area contributed by atoms with Gasteiger partial charge >= 0.3 is 5.97 Å². The van der Waals surface area contributed by atoms with Crippen molar-refractivity contribution in [1.29, 1.82) is 0 Å². The Balaban J connectivity index is 2.08. The van der Waals surface area contributed by atoms with Crippen molar-refractivity contribution in [3.05, 3.63) is 54.1 Å². The summed E-state index contributed by atoms with van der Waals surface area (Å²) in [6.45, 7) is 5.98. The van der Waals surface area contributed by atoms with Crippen molar-refractivity contribution in [2.24, 2.45) is 0 Å². The van der Waals surface area contributed by atoms with Gasteiger partial charge in [0, 0.05) is 0 Å². The molecule has 0 radical (unpaired) electrons. The van der Waals surface area contributed by atoms with E-state index in [1.54, 1.807) is 13.8 Å². The Kier molecular flexibility index (Phi) is 5.59. The van der Waals surface area contributed by atoms with Crippen LogP contribution in [-0.2, 0) is 16.0 Å². The van der Waals surface area contributed by atoms with Crippen molar-refractivity contribution in [2.75, 3.05) is 6.61 Å². The lowest BCUT2D eigenvalue weighted by Crippen LogP contribution is -2.25. The summed E-state index contributed by atoms with van der Waals surface area (Å²) in [7, 11) is 0. The summed E-state index contributed by atoms with van der Waals surface area (Å²) < 4.78 is 10.5. The number of esters is 1. The van der Waals surface area contributed by atoms with Gasteiger partial charge in [-0.25, -0.2) is 4.79 Å². The molecule has 116 valence electrons. The molecule has 2 rings (SSSR count). The average Bonchev–Trinajstić information content (AvgIpc) is 2.55. The molecule has 0 heterocycles. The molecule has 3 nitrogen and oxygen atoms in total. The maximum absolute atomic E-state index is 11.6. The van der Waals surface area contributed by atoms with Gasteiger partial charge in [-0.3, -0.25) is 0 Å². The van der Waals surface area contributed by atoms with Crippen molar-refractivity contribution in [3.63, 3.8) is 0 Å². The van der Waals surface area contributed by atoms with Crippen molar-refractivity contribution in [1.82, 2.24) is 0 Å². The van der Waals surface area contributed by atoms with Crippen LogP contribution in [0.3, 0.4) is 0 Å². The number of aryl methyl sites for hydroxylation is 1. The van der Waals surface area contributed by atoms with Gasteiger partial charge in [-0.15, -0.1) is 0 Å². The Labute approximate surface area is 131 Å². The lowest BCUT2D eigenvalue weighted by molar-refractivity contribution is -0.150. The van der Waals surface area contributed by atoms with Gasteiger partial charge in [-0.2, -0.15) is 0 Å². The summed E-state index contributed by atoms with van der Waals surface area (Å²) in [6, 6.07) is 16.2. The van der Waals surface area contributed by atoms with Gasteiger partial charge < -0.3 is 9.47 Å². The summed E-state index contributed by atoms with van der Waals surface area (Å²) in [5, 5.41) is 0. The second-order valence-corrected chi connectivity index (χ2v) is 5.09. The third-order valence-electron chi connectivity index (χ3n) is 3.45. The van der Waals surface area contributed by atoms with E-state index in [1.807, 2.05) is 24.3 Å². The molecule has 0 aliphatic rings. The molecule has 0 aliphatic heterocycles. The largest absolute Gasteiger partial charge is 0.479 e. The number of benzene rings is 2. The van der Waals surface area contributed by atoms with E-state index in [1.165, 1.54) is 11.1 Å². The van der Waals surface area contributed by atoms with Crippen LogP contribution in [0.2, 0.25) is 0 Å². The predicted octanol–water partition coefficient (Wildman–Crippen LogP) is 4.25. The fourth-order valence-electron chi connectivity index (χ4n) is 2.21. The van der Waals surface area contributed by atoms with Crippen molar-refractivity contribution >= 4 is 5.97 Å². The van der Waals surface area contributed by atoms with Gasteiger partial charge in [0.2, 0.25) is 0 Å². The first-order valence-electron chi connectivity index (χ1n) is 7.66. The Morgan fingerprint density at radius 1 is 1.05 bits per heavy atom. The van der Waals surface area contributed by atoms with Crippen LogP contribution in [0.25, 0.3) is 11.1 Å². The maximum atomic E-state index is 11.6. The van der Waals surface area contributed by atoms with Crippen LogP contribution in [0.15, 0.2) is 48.5 Å². The van der Waals surface area contributed by atoms with Crippen LogP contribution < -0.4 is 4.74 Å². The SMILES string of the molecule is CCOC(=O)[C@@H](C)Oc1ccc(-c2cccc(CC)c2)cc1. The molecule has 0 bridgehead atoms. The Morgan fingerprint density at radius 3 is 2.41 bits per heavy atom. The number of rotatable bonds is 6. The third-order valence-corrected chi connectivity index (χ3v) is 3.45. The van der Waals surface area contributed by atoms with E-state index >= 15 is 0 Å². The first-order chi connectivity index (χ1) is 10.6. The highest BCUT2D eigenvalue weighted by molar-refractivity contribution is 5.74. The van der Waals surface area contributed by atoms with Crippen LogP contribution >= 0.6 is 0 Å². The molecule has 0 N–H and O–H groups in total. The van der Waals surface area contributed by atoms with Crippen molar-refractivity contribution in [3.8, 4) is 16.9 Å². The summed E-state index contributed by atoms with van der Waals surface area (Å²) >= 11 is 0. The number of ether oxygens (including phenoxy) is 2. The second-order valence-electron chi connectivity index (χ2n) is 5.09. The minimum absolute atomic E-state index is 0.345. The third kappa shape index (κ3) is 4.10. The van der Waals surface area contributed by atoms with Crippen molar-refractivity contribution in [2.45, 2.75) is 33.3 Å². The molecule has 3 heteroatoms. The molecule has 0 saturated carbocycles. The Morgan fingerprint density at radius 2 is 1.77 bits per heavy atom. The Hall–Kier alpha value is -2.29. The highest BCUT2D eigenvalue weighted by atomic mass is 16.6. The number of hydrogen-bond acceptors (Lipinski definition) is 3. The summed E-state index contributed by atoms with van der Waals surface area (Å²) in [4.78, 5) is 11.6. The molecule has 0 amide bonds. The highest BCUT2D eigenvalue weighted by Gasteiger charge is 2.15. The van der Waals surface area contributed by atoms with E-state index in [4.69, 9.17) is 9.47 Å². The van der Waals surface area contributed by atoms with Gasteiger partial charge in [0.1, 0.15) is 5.75 Å². The molecule has 0 saturated heterocycles. The van der Waals surface area contributed by atoms with E-state index in [0.717, 1.165) is 12.0 Å². The lowest BCUT2D eigenvalue weighted by atomic mass is 10.0. The predicted molar refractivity (Wildman–Crippen MR) is 88.0 cm³/mol. The van der Waals surface area contributed by atoms with Crippen LogP contribution in [0.4, 0.5) is 0 Å². The smallest absolute Gasteiger partial charge is 0.347 e. The van der Waals surface area contributed by atoms with Gasteiger partial charge in [0.05, 0.1) is 6.61 Å². The lowest BCUT2D eigenvalue weighted by Gasteiger charge is -2.13. The van der Waals surface area contributed by atoms with E-state index in [0.29, 0.717) is 12.4 Å². The normalized spacial score (nSPS) is 11.8. The molecule has 1 atom stereocenters. The molecule has 0 fully saturated rings. The summed E-state index contributed by atoms with van der Waals surface area (Å²) in [6.07, 6.45) is 0.417. The minimum Gasteiger partial charge on any atom is -0.479 e. The van der Waals surface area contributed by atoms with Crippen LogP contribution in [0.5, 0.6) is 5.75 Å². The first-order valence-corrected chi connectivity index (χ1v) is 7.66. The topological polar surface area (TPSA) is 35.5 Å². The highest BCUT2D eigenvalue weighted by Crippen LogP contribution is 2.24. The molecule has 2 aromatic rings. The average molecular weight is 298 g/mol. The van der Waals surface area contributed by atoms with Gasteiger partial charge in [0.25, 0.3) is 0 Å². The van der Waals surface area contributed by atoms with Gasteiger partial charge in [-0.05, 0) is 49.1 Å². The van der Waals surface area contributed by atoms with Crippen LogP contribution in [0.1, 0.15) is 26.3 Å². The summed E-state index contributed by atoms with van der Waals surface area (Å²) in [5.74, 6) is 0.318. The fourth-order valence-corrected chi connectivity index (χ4v) is 2.21. The molecule has 0 spiro atoms. The molecule has 22 heavy (non-hydrogen) atoms. The minimum atomic E-state index is -0.603. The molecule has 2 aromatic carbocycles. The van der Waals surface area contributed by atoms with Crippen LogP contribution in [0, 0.1) is 0 Å². The number of carbonyl (C=O) groups excluding carboxylic acids is 1. The van der Waals surface area contributed by atoms with E-state index < -0.39 is 6.10 Å². The number of hydrogen-bond donors (Lipinski definition) is 0. The van der Waals surface area contributed by atoms with E-state index in [-0.39, 0.29) is 5.97 Å². The summed E-state index contributed by atoms with van der Waals surface area (Å²) in [5.41, 5.74) is 3.63. The zero-order valence-electron chi connectivity index (χ0n) is 13.3. The second kappa shape index (κ2) is 7.64. The first kappa shape index (κ1) is 16.1. The van der Waals surface area contributed by atoms with Gasteiger partial charge in [-0.1, -0.05) is 43.3 Å². The molecule has 0 unspecified atom stereocenters. The monoisotopic (exact) mass is 298 g/mol. The van der Waals surface area contributed by atoms with Gasteiger partial charge in [0.15, 0.2) is 6.10 Å². The molecule has 0 aliphatic carbocycles. The molecular formula is C19H22O3. The zero-order chi connectivity index (χ0) is 15.9. The van der Waals surface area contributed by atoms with E-state index in [9.17, 15) is 4.79 Å². The Bertz CT molecular complexity index is 617. The molecular weight excluding hydrogens is 276 g/mol. The zero-order valence-corrected chi connectivity index (χ0v) is 13.3. The number of carbonyl (C=O) groups is 1. The quantitative estimate of drug-likeness (QED) is 0.748. The fraction of sp³-hybridized carbons (Fsp3) is 0.316. The van der Waals surface area contributed by atoms with E-state index in [2.05, 4.69) is 31.2 Å². The standard InChI is InChI=1S/C19H22O3/c1-4-15-7-6-8-17(13-15)16-9-11-18(12-10-16)22-14(3)19(20)21-5-2/h6-14H,4-5H2,1-3H3/t14-/m1/s1. The molecule has 0 aromatic heterocycles. The van der Waals surface area contributed by atoms with Crippen LogP contribution in [-0.4, -0.2) is 18.7 Å². The van der Waals surface area contributed by atoms with Crippen molar-refractivity contribution < 1.29 is 14.3 Å². The maximum Gasteiger partial charge on any atom is 0.347 e.